The maximum absolute atomic E-state index is 10.7. The van der Waals surface area contributed by atoms with Crippen LogP contribution in [-0.4, -0.2) is 27.4 Å². The number of carbonyl (C=O) groups is 1. The van der Waals surface area contributed by atoms with Gasteiger partial charge in [0.25, 0.3) is 0 Å². The molecule has 1 rings (SSSR count). The van der Waals surface area contributed by atoms with Crippen molar-refractivity contribution in [3.63, 3.8) is 0 Å². The van der Waals surface area contributed by atoms with Crippen molar-refractivity contribution in [2.45, 2.75) is 26.7 Å². The van der Waals surface area contributed by atoms with E-state index >= 15 is 0 Å². The van der Waals surface area contributed by atoms with E-state index in [2.05, 4.69) is 16.5 Å². The first-order valence-corrected chi connectivity index (χ1v) is 5.88. The summed E-state index contributed by atoms with van der Waals surface area (Å²) in [6.45, 7) is 4.25. The number of nitriles is 1. The van der Waals surface area contributed by atoms with E-state index in [1.165, 1.54) is 0 Å². The number of aryl methyl sites for hydroxylation is 2. The molecule has 0 saturated heterocycles. The second kappa shape index (κ2) is 6.05. The monoisotopic (exact) mass is 250 g/mol. The third kappa shape index (κ3) is 3.23. The highest BCUT2D eigenvalue weighted by Gasteiger charge is 2.15. The van der Waals surface area contributed by atoms with Crippen LogP contribution in [0, 0.1) is 24.2 Å². The Labute approximate surface area is 106 Å². The van der Waals surface area contributed by atoms with Gasteiger partial charge < -0.3 is 10.4 Å². The molecule has 18 heavy (non-hydrogen) atoms. The van der Waals surface area contributed by atoms with Gasteiger partial charge in [0.05, 0.1) is 5.69 Å². The molecule has 1 heterocycles. The van der Waals surface area contributed by atoms with Gasteiger partial charge in [-0.1, -0.05) is 13.3 Å². The molecule has 6 heteroatoms. The first-order valence-electron chi connectivity index (χ1n) is 5.88. The topological polar surface area (TPSA) is 90.9 Å². The van der Waals surface area contributed by atoms with E-state index in [0.717, 1.165) is 6.42 Å². The molecule has 6 nitrogen and oxygen atoms in total. The summed E-state index contributed by atoms with van der Waals surface area (Å²) in [5.41, 5.74) is 1.19. The van der Waals surface area contributed by atoms with Gasteiger partial charge in [-0.2, -0.15) is 10.4 Å². The van der Waals surface area contributed by atoms with Crippen molar-refractivity contribution in [3.05, 3.63) is 11.3 Å². The first-order chi connectivity index (χ1) is 8.49. The molecule has 0 aliphatic carbocycles. The van der Waals surface area contributed by atoms with Gasteiger partial charge in [-0.05, 0) is 12.8 Å². The molecule has 2 N–H and O–H groups in total. The number of carboxylic acid groups (broad SMARTS) is 1. The summed E-state index contributed by atoms with van der Waals surface area (Å²) >= 11 is 0. The SMILES string of the molecule is CCC(CNc1c(C#N)c(C)nn1C)CC(=O)O. The highest BCUT2D eigenvalue weighted by Crippen LogP contribution is 2.18. The van der Waals surface area contributed by atoms with Crippen molar-refractivity contribution in [2.75, 3.05) is 11.9 Å². The number of nitrogens with zero attached hydrogens (tertiary/aromatic N) is 3. The van der Waals surface area contributed by atoms with E-state index in [0.29, 0.717) is 23.6 Å². The van der Waals surface area contributed by atoms with E-state index < -0.39 is 5.97 Å². The van der Waals surface area contributed by atoms with Crippen molar-refractivity contribution >= 4 is 11.8 Å². The molecule has 98 valence electrons. The highest BCUT2D eigenvalue weighted by molar-refractivity contribution is 5.67. The molecule has 1 atom stereocenters. The van der Waals surface area contributed by atoms with E-state index in [4.69, 9.17) is 10.4 Å². The number of hydrogen-bond donors (Lipinski definition) is 2. The molecule has 0 bridgehead atoms. The summed E-state index contributed by atoms with van der Waals surface area (Å²) in [6, 6.07) is 2.11. The molecule has 0 amide bonds. The second-order valence-corrected chi connectivity index (χ2v) is 4.30. The van der Waals surface area contributed by atoms with Gasteiger partial charge in [0.2, 0.25) is 0 Å². The highest BCUT2D eigenvalue weighted by atomic mass is 16.4. The van der Waals surface area contributed by atoms with Crippen LogP contribution in [0.2, 0.25) is 0 Å². The fourth-order valence-electron chi connectivity index (χ4n) is 1.84. The molecule has 1 aromatic rings. The van der Waals surface area contributed by atoms with E-state index in [1.54, 1.807) is 18.7 Å². The smallest absolute Gasteiger partial charge is 0.303 e. The lowest BCUT2D eigenvalue weighted by atomic mass is 10.0. The normalized spacial score (nSPS) is 11.9. The van der Waals surface area contributed by atoms with Gasteiger partial charge in [0.1, 0.15) is 17.5 Å². The van der Waals surface area contributed by atoms with Crippen molar-refractivity contribution in [1.82, 2.24) is 9.78 Å². The minimum Gasteiger partial charge on any atom is -0.481 e. The van der Waals surface area contributed by atoms with Crippen LogP contribution in [0.3, 0.4) is 0 Å². The molecular weight excluding hydrogens is 232 g/mol. The standard InChI is InChI=1S/C12H18N4O2/c1-4-9(5-11(17)18)7-14-12-10(6-13)8(2)15-16(12)3/h9,14H,4-5,7H2,1-3H3,(H,17,18). The molecule has 0 aliphatic rings. The number of anilines is 1. The molecule has 0 aromatic carbocycles. The summed E-state index contributed by atoms with van der Waals surface area (Å²) in [4.78, 5) is 10.7. The number of aliphatic carboxylic acids is 1. The zero-order chi connectivity index (χ0) is 13.7. The Kier molecular flexibility index (Phi) is 4.72. The molecule has 0 radical (unpaired) electrons. The lowest BCUT2D eigenvalue weighted by Crippen LogP contribution is -2.19. The summed E-state index contributed by atoms with van der Waals surface area (Å²) in [6.07, 6.45) is 0.903. The number of hydrogen-bond acceptors (Lipinski definition) is 4. The summed E-state index contributed by atoms with van der Waals surface area (Å²) in [5, 5.41) is 25.1. The van der Waals surface area contributed by atoms with Crippen LogP contribution < -0.4 is 5.32 Å². The van der Waals surface area contributed by atoms with E-state index in [-0.39, 0.29) is 12.3 Å². The fourth-order valence-corrected chi connectivity index (χ4v) is 1.84. The third-order valence-electron chi connectivity index (χ3n) is 2.93. The van der Waals surface area contributed by atoms with Gasteiger partial charge in [-0.15, -0.1) is 0 Å². The Balaban J connectivity index is 2.74. The third-order valence-corrected chi connectivity index (χ3v) is 2.93. The number of carboxylic acids is 1. The van der Waals surface area contributed by atoms with Crippen LogP contribution in [0.1, 0.15) is 31.0 Å². The first kappa shape index (κ1) is 14.0. The fraction of sp³-hybridized carbons (Fsp3) is 0.583. The maximum atomic E-state index is 10.7. The minimum atomic E-state index is -0.801. The summed E-state index contributed by atoms with van der Waals surface area (Å²) in [5.74, 6) is -0.103. The minimum absolute atomic E-state index is 0.0456. The lowest BCUT2D eigenvalue weighted by molar-refractivity contribution is -0.138. The molecule has 0 spiro atoms. The molecule has 0 saturated carbocycles. The number of aromatic nitrogens is 2. The summed E-state index contributed by atoms with van der Waals surface area (Å²) in [7, 11) is 1.76. The quantitative estimate of drug-likeness (QED) is 0.798. The Bertz CT molecular complexity index is 473. The Morgan fingerprint density at radius 3 is 2.83 bits per heavy atom. The molecular formula is C12H18N4O2. The zero-order valence-electron chi connectivity index (χ0n) is 10.9. The van der Waals surface area contributed by atoms with Gasteiger partial charge in [0, 0.05) is 20.0 Å². The molecule has 0 fully saturated rings. The summed E-state index contributed by atoms with van der Waals surface area (Å²) < 4.78 is 1.61. The number of nitrogens with one attached hydrogen (secondary N) is 1. The number of rotatable bonds is 6. The zero-order valence-corrected chi connectivity index (χ0v) is 10.9. The van der Waals surface area contributed by atoms with Crippen molar-refractivity contribution in [3.8, 4) is 6.07 Å². The van der Waals surface area contributed by atoms with Crippen LogP contribution >= 0.6 is 0 Å². The molecule has 1 unspecified atom stereocenters. The average Bonchev–Trinajstić information content (AvgIpc) is 2.58. The van der Waals surface area contributed by atoms with E-state index in [9.17, 15) is 4.79 Å². The Morgan fingerprint density at radius 1 is 1.67 bits per heavy atom. The predicted molar refractivity (Wildman–Crippen MR) is 67.2 cm³/mol. The second-order valence-electron chi connectivity index (χ2n) is 4.30. The van der Waals surface area contributed by atoms with Crippen LogP contribution in [0.25, 0.3) is 0 Å². The van der Waals surface area contributed by atoms with E-state index in [1.807, 2.05) is 6.92 Å². The van der Waals surface area contributed by atoms with Crippen molar-refractivity contribution in [2.24, 2.45) is 13.0 Å². The van der Waals surface area contributed by atoms with Gasteiger partial charge in [-0.3, -0.25) is 9.48 Å². The largest absolute Gasteiger partial charge is 0.481 e. The van der Waals surface area contributed by atoms with Gasteiger partial charge in [0.15, 0.2) is 0 Å². The lowest BCUT2D eigenvalue weighted by Gasteiger charge is -2.14. The Hall–Kier alpha value is -2.03. The Morgan fingerprint density at radius 2 is 2.33 bits per heavy atom. The van der Waals surface area contributed by atoms with Gasteiger partial charge >= 0.3 is 5.97 Å². The average molecular weight is 250 g/mol. The maximum Gasteiger partial charge on any atom is 0.303 e. The van der Waals surface area contributed by atoms with Crippen molar-refractivity contribution in [1.29, 1.82) is 5.26 Å². The molecule has 0 aliphatic heterocycles. The predicted octanol–water partition coefficient (Wildman–Crippen LogP) is 1.51. The van der Waals surface area contributed by atoms with Crippen LogP contribution in [0.15, 0.2) is 0 Å². The van der Waals surface area contributed by atoms with Crippen LogP contribution in [0.4, 0.5) is 5.82 Å². The molecule has 1 aromatic heterocycles. The van der Waals surface area contributed by atoms with Crippen LogP contribution in [0.5, 0.6) is 0 Å². The van der Waals surface area contributed by atoms with Gasteiger partial charge in [-0.25, -0.2) is 0 Å². The van der Waals surface area contributed by atoms with Crippen molar-refractivity contribution < 1.29 is 9.90 Å². The van der Waals surface area contributed by atoms with Crippen LogP contribution in [-0.2, 0) is 11.8 Å².